The zero-order valence-corrected chi connectivity index (χ0v) is 20.3. The fourth-order valence-electron chi connectivity index (χ4n) is 5.06. The van der Waals surface area contributed by atoms with Crippen LogP contribution in [0, 0.1) is 0 Å². The van der Waals surface area contributed by atoms with E-state index >= 15 is 0 Å². The molecule has 0 aliphatic heterocycles. The van der Waals surface area contributed by atoms with Gasteiger partial charge in [-0.3, -0.25) is 0 Å². The Labute approximate surface area is 216 Å². The average Bonchev–Trinajstić information content (AvgIpc) is 3.37. The summed E-state index contributed by atoms with van der Waals surface area (Å²) in [6.45, 7) is 0.404. The second-order valence-corrected chi connectivity index (χ2v) is 9.13. The number of para-hydroxylation sites is 2. The second kappa shape index (κ2) is 9.81. The van der Waals surface area contributed by atoms with Crippen LogP contribution in [0.4, 0.5) is 0 Å². The molecule has 0 saturated heterocycles. The highest BCUT2D eigenvalue weighted by atomic mass is 16.5. The summed E-state index contributed by atoms with van der Waals surface area (Å²) in [6.07, 6.45) is 0. The molecule has 6 aromatic rings. The lowest BCUT2D eigenvalue weighted by Crippen LogP contribution is -2.30. The molecule has 1 aromatic heterocycles. The van der Waals surface area contributed by atoms with Gasteiger partial charge in [-0.15, -0.1) is 0 Å². The number of H-pyrrole nitrogens is 1. The second-order valence-electron chi connectivity index (χ2n) is 9.13. The minimum Gasteiger partial charge on any atom is -0.488 e. The van der Waals surface area contributed by atoms with Crippen molar-refractivity contribution in [2.24, 2.45) is 0 Å². The van der Waals surface area contributed by atoms with Crippen molar-refractivity contribution in [3.05, 3.63) is 162 Å². The summed E-state index contributed by atoms with van der Waals surface area (Å²) in [5, 5.41) is 14.0. The van der Waals surface area contributed by atoms with Crippen molar-refractivity contribution in [3.8, 4) is 16.9 Å². The number of ether oxygens (including phenoxy) is 1. The topological polar surface area (TPSA) is 45.2 Å². The van der Waals surface area contributed by atoms with Gasteiger partial charge < -0.3 is 14.8 Å². The molecule has 0 radical (unpaired) electrons. The number of hydrogen-bond acceptors (Lipinski definition) is 2. The van der Waals surface area contributed by atoms with E-state index in [1.54, 1.807) is 0 Å². The maximum atomic E-state index is 12.9. The van der Waals surface area contributed by atoms with E-state index in [0.717, 1.165) is 33.2 Å². The van der Waals surface area contributed by atoms with Gasteiger partial charge in [0.2, 0.25) is 0 Å². The van der Waals surface area contributed by atoms with Gasteiger partial charge in [0.1, 0.15) is 12.4 Å². The summed E-state index contributed by atoms with van der Waals surface area (Å²) in [5.74, 6) is 0.635. The van der Waals surface area contributed by atoms with Crippen LogP contribution in [-0.4, -0.2) is 10.1 Å². The lowest BCUT2D eigenvalue weighted by Gasteiger charge is -2.31. The van der Waals surface area contributed by atoms with Gasteiger partial charge >= 0.3 is 0 Å². The normalized spacial score (nSPS) is 12.8. The maximum Gasteiger partial charge on any atom is 0.159 e. The monoisotopic (exact) mass is 481 g/mol. The van der Waals surface area contributed by atoms with Crippen LogP contribution in [0.15, 0.2) is 140 Å². The third-order valence-electron chi connectivity index (χ3n) is 6.84. The van der Waals surface area contributed by atoms with E-state index in [-0.39, 0.29) is 0 Å². The van der Waals surface area contributed by atoms with E-state index < -0.39 is 5.60 Å². The molecule has 2 N–H and O–H groups in total. The molecule has 1 heterocycles. The molecule has 1 unspecified atom stereocenters. The number of hydrogen-bond donors (Lipinski definition) is 2. The fraction of sp³-hybridized carbons (Fsp3) is 0.0588. The Bertz CT molecular complexity index is 1620. The minimum absolute atomic E-state index is 0.404. The summed E-state index contributed by atoms with van der Waals surface area (Å²) in [4.78, 5) is 3.60. The van der Waals surface area contributed by atoms with Gasteiger partial charge in [0.05, 0.1) is 5.69 Å². The molecule has 1 atom stereocenters. The number of aromatic amines is 1. The van der Waals surface area contributed by atoms with Gasteiger partial charge in [-0.1, -0.05) is 127 Å². The summed E-state index contributed by atoms with van der Waals surface area (Å²) in [6, 6.07) is 46.1. The molecule has 0 fully saturated rings. The van der Waals surface area contributed by atoms with Crippen molar-refractivity contribution in [1.29, 1.82) is 0 Å². The highest BCUT2D eigenvalue weighted by Crippen LogP contribution is 2.46. The van der Waals surface area contributed by atoms with Crippen LogP contribution in [0.25, 0.3) is 22.0 Å². The predicted molar refractivity (Wildman–Crippen MR) is 149 cm³/mol. The highest BCUT2D eigenvalue weighted by Gasteiger charge is 2.40. The number of nitrogens with one attached hydrogen (secondary N) is 1. The van der Waals surface area contributed by atoms with Crippen LogP contribution in [0.3, 0.4) is 0 Å². The Morgan fingerprint density at radius 3 is 1.97 bits per heavy atom. The fourth-order valence-corrected chi connectivity index (χ4v) is 5.06. The van der Waals surface area contributed by atoms with Gasteiger partial charge in [0.25, 0.3) is 0 Å². The quantitative estimate of drug-likeness (QED) is 0.245. The first-order valence-corrected chi connectivity index (χ1v) is 12.5. The van der Waals surface area contributed by atoms with E-state index in [4.69, 9.17) is 4.74 Å². The van der Waals surface area contributed by atoms with Gasteiger partial charge in [-0.25, -0.2) is 0 Å². The minimum atomic E-state index is -1.50. The number of aliphatic hydroxyl groups is 1. The van der Waals surface area contributed by atoms with Gasteiger partial charge in [-0.2, -0.15) is 0 Å². The predicted octanol–water partition coefficient (Wildman–Crippen LogP) is 7.70. The molecule has 37 heavy (non-hydrogen) atoms. The summed E-state index contributed by atoms with van der Waals surface area (Å²) in [7, 11) is 0. The molecular weight excluding hydrogens is 454 g/mol. The third-order valence-corrected chi connectivity index (χ3v) is 6.84. The standard InChI is InChI=1S/C34H27NO2/c36-34(27-18-8-3-9-19-27,29-21-11-13-23-31(29)37-24-25-14-4-1-5-15-25)33-32(26-16-6-2-7-17-26)28-20-10-12-22-30(28)35-33/h1-23,35-36H,24H2. The van der Waals surface area contributed by atoms with E-state index in [0.29, 0.717) is 23.6 Å². The Hall–Kier alpha value is -4.60. The number of benzene rings is 5. The lowest BCUT2D eigenvalue weighted by molar-refractivity contribution is 0.117. The number of fused-ring (bicyclic) bond motifs is 1. The van der Waals surface area contributed by atoms with Crippen LogP contribution in [0.5, 0.6) is 5.75 Å². The van der Waals surface area contributed by atoms with Crippen LogP contribution in [0.1, 0.15) is 22.4 Å². The SMILES string of the molecule is OC(c1ccccc1)(c1ccccc1OCc1ccccc1)c1[nH]c2ccccc2c1-c1ccccc1. The molecule has 180 valence electrons. The Kier molecular flexibility index (Phi) is 6.05. The maximum absolute atomic E-state index is 12.9. The lowest BCUT2D eigenvalue weighted by atomic mass is 9.80. The molecule has 0 aliphatic carbocycles. The van der Waals surface area contributed by atoms with Crippen LogP contribution >= 0.6 is 0 Å². The molecular formula is C34H27NO2. The third kappa shape index (κ3) is 4.20. The molecule has 0 bridgehead atoms. The summed E-state index contributed by atoms with van der Waals surface area (Å²) in [5.41, 5.74) is 4.69. The first kappa shape index (κ1) is 22.8. The van der Waals surface area contributed by atoms with Crippen LogP contribution in [0.2, 0.25) is 0 Å². The van der Waals surface area contributed by atoms with E-state index in [9.17, 15) is 5.11 Å². The molecule has 0 amide bonds. The Balaban J connectivity index is 1.60. The molecule has 3 heteroatoms. The molecule has 0 aliphatic rings. The van der Waals surface area contributed by atoms with Crippen LogP contribution < -0.4 is 4.74 Å². The van der Waals surface area contributed by atoms with Crippen molar-refractivity contribution in [3.63, 3.8) is 0 Å². The molecule has 3 nitrogen and oxygen atoms in total. The average molecular weight is 482 g/mol. The van der Waals surface area contributed by atoms with Crippen LogP contribution in [-0.2, 0) is 12.2 Å². The first-order chi connectivity index (χ1) is 18.2. The van der Waals surface area contributed by atoms with Gasteiger partial charge in [0.15, 0.2) is 5.60 Å². The Morgan fingerprint density at radius 1 is 0.622 bits per heavy atom. The molecule has 5 aromatic carbocycles. The summed E-state index contributed by atoms with van der Waals surface area (Å²) < 4.78 is 6.36. The Morgan fingerprint density at radius 2 is 1.22 bits per heavy atom. The van der Waals surface area contributed by atoms with Crippen molar-refractivity contribution in [2.45, 2.75) is 12.2 Å². The first-order valence-electron chi connectivity index (χ1n) is 12.5. The van der Waals surface area contributed by atoms with Crippen molar-refractivity contribution >= 4 is 10.9 Å². The highest BCUT2D eigenvalue weighted by molar-refractivity contribution is 5.98. The van der Waals surface area contributed by atoms with Gasteiger partial charge in [-0.05, 0) is 28.8 Å². The van der Waals surface area contributed by atoms with E-state index in [2.05, 4.69) is 29.2 Å². The summed E-state index contributed by atoms with van der Waals surface area (Å²) >= 11 is 0. The van der Waals surface area contributed by atoms with Gasteiger partial charge in [0, 0.05) is 22.0 Å². The number of aromatic nitrogens is 1. The zero-order valence-electron chi connectivity index (χ0n) is 20.3. The van der Waals surface area contributed by atoms with Crippen molar-refractivity contribution in [2.75, 3.05) is 0 Å². The largest absolute Gasteiger partial charge is 0.488 e. The van der Waals surface area contributed by atoms with Crippen molar-refractivity contribution in [1.82, 2.24) is 4.98 Å². The van der Waals surface area contributed by atoms with E-state index in [1.165, 1.54) is 0 Å². The zero-order chi connectivity index (χ0) is 25.1. The van der Waals surface area contributed by atoms with E-state index in [1.807, 2.05) is 115 Å². The smallest absolute Gasteiger partial charge is 0.159 e. The molecule has 6 rings (SSSR count). The van der Waals surface area contributed by atoms with Crippen molar-refractivity contribution < 1.29 is 9.84 Å². The molecule has 0 spiro atoms. The molecule has 0 saturated carbocycles. The number of rotatable bonds is 7.